The predicted molar refractivity (Wildman–Crippen MR) is 158 cm³/mol. The average Bonchev–Trinajstić information content (AvgIpc) is 3.42. The molecule has 0 aliphatic carbocycles. The second kappa shape index (κ2) is 12.7. The first-order valence-electron chi connectivity index (χ1n) is 12.8. The topological polar surface area (TPSA) is 208 Å². The van der Waals surface area contributed by atoms with Crippen LogP contribution in [0.15, 0.2) is 65.0 Å². The average molecular weight is 659 g/mol. The van der Waals surface area contributed by atoms with Gasteiger partial charge in [0.25, 0.3) is 17.5 Å². The number of nitro benzene ring substituents is 1. The number of amides is 3. The van der Waals surface area contributed by atoms with Crippen LogP contribution in [0.3, 0.4) is 0 Å². The molecule has 0 bridgehead atoms. The molecule has 2 aliphatic heterocycles. The fourth-order valence-corrected chi connectivity index (χ4v) is 7.39. The van der Waals surface area contributed by atoms with Crippen LogP contribution in [-0.2, 0) is 32.6 Å². The van der Waals surface area contributed by atoms with Gasteiger partial charge in [-0.3, -0.25) is 34.3 Å². The number of halogens is 1. The smallest absolute Gasteiger partial charge is 0.352 e. The van der Waals surface area contributed by atoms with Gasteiger partial charge in [0.2, 0.25) is 11.1 Å². The highest BCUT2D eigenvalue weighted by Gasteiger charge is 2.58. The Kier molecular flexibility index (Phi) is 9.00. The molecule has 1 unspecified atom stereocenters. The molecule has 18 heteroatoms. The molecule has 3 amide bonds. The molecule has 3 heterocycles. The highest BCUT2D eigenvalue weighted by atomic mass is 35.5. The van der Waals surface area contributed by atoms with Crippen molar-refractivity contribution in [3.05, 3.63) is 86.1 Å². The number of thioether (sulfide) groups is 2. The molecule has 0 spiro atoms. The Morgan fingerprint density at radius 2 is 2.00 bits per heavy atom. The molecule has 2 aliphatic rings. The molecule has 2 aromatic carbocycles. The van der Waals surface area contributed by atoms with Gasteiger partial charge in [0.15, 0.2) is 0 Å². The van der Waals surface area contributed by atoms with Crippen molar-refractivity contribution >= 4 is 64.5 Å². The lowest BCUT2D eigenvalue weighted by molar-refractivity contribution is -0.385. The number of nitrogens with two attached hydrogens (primary N) is 1. The number of carbonyl (C=O) groups is 4. The molecule has 5 rings (SSSR count). The lowest BCUT2D eigenvalue weighted by Crippen LogP contribution is -2.73. The summed E-state index contributed by atoms with van der Waals surface area (Å²) in [5, 5.41) is 32.5. The maximum Gasteiger partial charge on any atom is 0.352 e. The lowest BCUT2D eigenvalue weighted by atomic mass is 9.97. The van der Waals surface area contributed by atoms with Gasteiger partial charge in [-0.15, -0.1) is 16.9 Å². The van der Waals surface area contributed by atoms with Crippen molar-refractivity contribution < 1.29 is 29.2 Å². The van der Waals surface area contributed by atoms with Crippen LogP contribution in [-0.4, -0.2) is 86.6 Å². The summed E-state index contributed by atoms with van der Waals surface area (Å²) < 4.78 is 1.42. The number of nitro groups is 1. The van der Waals surface area contributed by atoms with E-state index in [1.54, 1.807) is 37.4 Å². The molecule has 0 saturated carbocycles. The molecule has 15 nitrogen and oxygen atoms in total. The molecule has 3 aromatic rings. The van der Waals surface area contributed by atoms with Crippen LogP contribution >= 0.6 is 35.1 Å². The van der Waals surface area contributed by atoms with E-state index in [0.29, 0.717) is 16.3 Å². The van der Waals surface area contributed by atoms with Crippen molar-refractivity contribution in [2.45, 2.75) is 29.0 Å². The molecular weight excluding hydrogens is 636 g/mol. The van der Waals surface area contributed by atoms with E-state index in [9.17, 15) is 34.4 Å². The second-order valence-electron chi connectivity index (χ2n) is 9.68. The zero-order chi connectivity index (χ0) is 31.7. The van der Waals surface area contributed by atoms with Gasteiger partial charge in [-0.2, -0.15) is 0 Å². The summed E-state index contributed by atoms with van der Waals surface area (Å²) in [4.78, 5) is 66.4. The van der Waals surface area contributed by atoms with E-state index in [2.05, 4.69) is 15.5 Å². The Morgan fingerprint density at radius 3 is 2.64 bits per heavy atom. The largest absolute Gasteiger partial charge is 0.477 e. The van der Waals surface area contributed by atoms with E-state index in [1.807, 2.05) is 0 Å². The van der Waals surface area contributed by atoms with E-state index in [4.69, 9.17) is 17.3 Å². The Labute approximate surface area is 262 Å². The van der Waals surface area contributed by atoms with Gasteiger partial charge in [0.05, 0.1) is 11.3 Å². The molecule has 1 saturated heterocycles. The number of tetrazole rings is 1. The number of aryl methyl sites for hydroxylation is 1. The number of carbonyl (C=O) groups excluding carboxylic acids is 3. The number of aromatic nitrogens is 4. The number of carboxylic acids is 1. The van der Waals surface area contributed by atoms with E-state index in [-0.39, 0.29) is 27.8 Å². The highest BCUT2D eigenvalue weighted by Crippen LogP contribution is 2.44. The molecule has 3 atom stereocenters. The van der Waals surface area contributed by atoms with Gasteiger partial charge in [-0.1, -0.05) is 59.8 Å². The van der Waals surface area contributed by atoms with Crippen molar-refractivity contribution in [1.82, 2.24) is 30.0 Å². The third-order valence-electron chi connectivity index (χ3n) is 6.97. The Bertz CT molecular complexity index is 1700. The van der Waals surface area contributed by atoms with Crippen LogP contribution < -0.4 is 5.73 Å². The van der Waals surface area contributed by atoms with Crippen LogP contribution in [0.1, 0.15) is 17.2 Å². The van der Waals surface area contributed by atoms with Crippen molar-refractivity contribution in [2.75, 3.05) is 11.5 Å². The summed E-state index contributed by atoms with van der Waals surface area (Å²) in [6.07, 6.45) is -0.614. The number of carboxylic acid groups (broad SMARTS) is 1. The minimum Gasteiger partial charge on any atom is -0.477 e. The number of fused-ring (bicyclic) bond motifs is 1. The van der Waals surface area contributed by atoms with Crippen LogP contribution in [0.4, 0.5) is 5.69 Å². The zero-order valence-corrected chi connectivity index (χ0v) is 25.2. The molecular formula is C26H23ClN8O7S2. The number of benzene rings is 2. The maximum atomic E-state index is 13.8. The van der Waals surface area contributed by atoms with Crippen molar-refractivity contribution in [3.8, 4) is 0 Å². The van der Waals surface area contributed by atoms with Crippen molar-refractivity contribution in [2.24, 2.45) is 12.8 Å². The van der Waals surface area contributed by atoms with E-state index in [1.165, 1.54) is 40.3 Å². The fourth-order valence-electron chi connectivity index (χ4n) is 4.85. The summed E-state index contributed by atoms with van der Waals surface area (Å²) in [7, 11) is 1.63. The monoisotopic (exact) mass is 658 g/mol. The van der Waals surface area contributed by atoms with Crippen LogP contribution in [0.5, 0.6) is 0 Å². The molecule has 1 aromatic heterocycles. The summed E-state index contributed by atoms with van der Waals surface area (Å²) in [5.74, 6) is -3.62. The minimum atomic E-state index is -1.40. The lowest BCUT2D eigenvalue weighted by Gasteiger charge is -2.52. The van der Waals surface area contributed by atoms with Crippen LogP contribution in [0, 0.1) is 10.1 Å². The number of β-lactam (4-membered cyclic amide) rings is 1. The van der Waals surface area contributed by atoms with Gasteiger partial charge >= 0.3 is 5.97 Å². The number of imide groups is 1. The van der Waals surface area contributed by atoms with E-state index in [0.717, 1.165) is 15.9 Å². The SMILES string of the molecule is Cn1nnnc1SCC1=C(C(=O)O)N2C(=O)C(N(C(=O)Cc3ccc(Cl)cc3[N+](=O)[O-])C(=O)[C@H](N)c3ccccc3)[C@H]2SC1. The zero-order valence-electron chi connectivity index (χ0n) is 22.8. The first-order valence-corrected chi connectivity index (χ1v) is 15.2. The molecule has 1 fully saturated rings. The quantitative estimate of drug-likeness (QED) is 0.138. The van der Waals surface area contributed by atoms with Gasteiger partial charge in [-0.05, 0) is 27.6 Å². The van der Waals surface area contributed by atoms with E-state index >= 15 is 0 Å². The second-order valence-corrected chi connectivity index (χ2v) is 12.2. The van der Waals surface area contributed by atoms with Crippen molar-refractivity contribution in [3.63, 3.8) is 0 Å². The normalized spacial score (nSPS) is 18.3. The maximum absolute atomic E-state index is 13.8. The number of aliphatic carboxylic acids is 1. The highest BCUT2D eigenvalue weighted by molar-refractivity contribution is 8.01. The summed E-state index contributed by atoms with van der Waals surface area (Å²) in [6, 6.07) is 9.19. The first kappa shape index (κ1) is 31.1. The summed E-state index contributed by atoms with van der Waals surface area (Å²) in [5.41, 5.74) is 6.36. The Hall–Kier alpha value is -4.32. The number of hydrogen-bond donors (Lipinski definition) is 2. The van der Waals surface area contributed by atoms with Gasteiger partial charge < -0.3 is 10.8 Å². The predicted octanol–water partition coefficient (Wildman–Crippen LogP) is 1.78. The van der Waals surface area contributed by atoms with Crippen LogP contribution in [0.2, 0.25) is 5.02 Å². The summed E-state index contributed by atoms with van der Waals surface area (Å²) in [6.45, 7) is 0. The van der Waals surface area contributed by atoms with E-state index < -0.39 is 58.2 Å². The number of hydrogen-bond acceptors (Lipinski definition) is 12. The van der Waals surface area contributed by atoms with Gasteiger partial charge in [0.1, 0.15) is 23.2 Å². The van der Waals surface area contributed by atoms with Crippen molar-refractivity contribution in [1.29, 1.82) is 0 Å². The third kappa shape index (κ3) is 5.90. The summed E-state index contributed by atoms with van der Waals surface area (Å²) >= 11 is 8.29. The fraction of sp³-hybridized carbons (Fsp3) is 0.269. The molecule has 3 N–H and O–H groups in total. The minimum absolute atomic E-state index is 0.0286. The van der Waals surface area contributed by atoms with Gasteiger partial charge in [-0.25, -0.2) is 9.48 Å². The molecule has 44 heavy (non-hydrogen) atoms. The number of rotatable bonds is 10. The molecule has 0 radical (unpaired) electrons. The Balaban J connectivity index is 1.47. The number of nitrogens with zero attached hydrogens (tertiary/aromatic N) is 7. The molecule has 228 valence electrons. The first-order chi connectivity index (χ1) is 21.0. The van der Waals surface area contributed by atoms with Gasteiger partial charge in [0, 0.05) is 35.2 Å². The Morgan fingerprint density at radius 1 is 1.27 bits per heavy atom. The third-order valence-corrected chi connectivity index (χ3v) is 9.63. The standard InChI is InChI=1S/C26H23ClN8O7S2/c1-32-26(29-30-31-32)44-12-15-11-43-24-21(23(38)34(24)20(15)25(39)40)33(22(37)19(28)13-5-3-2-4-6-13)18(36)9-14-7-8-16(27)10-17(14)35(41)42/h2-8,10,19,21,24H,9,11-12,28H2,1H3,(H,39,40)/t19-,21?,24-/m1/s1. The van der Waals surface area contributed by atoms with Crippen LogP contribution in [0.25, 0.3) is 0 Å².